The maximum atomic E-state index is 13.1. The highest BCUT2D eigenvalue weighted by Crippen LogP contribution is 2.31. The molecule has 0 atom stereocenters. The average molecular weight is 402 g/mol. The Balaban J connectivity index is 1.89. The normalized spacial score (nSPS) is 11.4. The Morgan fingerprint density at radius 1 is 1.07 bits per heavy atom. The Morgan fingerprint density at radius 3 is 2.56 bits per heavy atom. The van der Waals surface area contributed by atoms with Gasteiger partial charge < -0.3 is 4.90 Å². The van der Waals surface area contributed by atoms with Gasteiger partial charge in [0.05, 0.1) is 16.6 Å². The molecule has 0 unspecified atom stereocenters. The van der Waals surface area contributed by atoms with E-state index in [4.69, 9.17) is 4.98 Å². The summed E-state index contributed by atoms with van der Waals surface area (Å²) in [6, 6.07) is 10.3. The highest BCUT2D eigenvalue weighted by atomic mass is 32.1. The molecule has 0 radical (unpaired) electrons. The highest BCUT2D eigenvalue weighted by Gasteiger charge is 2.21. The van der Waals surface area contributed by atoms with E-state index in [1.807, 2.05) is 22.4 Å². The van der Waals surface area contributed by atoms with E-state index in [9.17, 15) is 4.79 Å². The molecule has 3 aromatic rings. The third kappa shape index (κ3) is 4.75. The molecule has 0 bridgehead atoms. The van der Waals surface area contributed by atoms with Crippen molar-refractivity contribution in [1.29, 1.82) is 0 Å². The molecular formula is C21H27N3OS2. The molecule has 0 aliphatic heterocycles. The molecule has 3 rings (SSSR count). The van der Waals surface area contributed by atoms with Crippen molar-refractivity contribution < 1.29 is 4.79 Å². The number of carbonyl (C=O) groups is 1. The number of benzene rings is 1. The first-order valence-electron chi connectivity index (χ1n) is 9.59. The van der Waals surface area contributed by atoms with E-state index in [2.05, 4.69) is 43.9 Å². The third-order valence-corrected chi connectivity index (χ3v) is 6.76. The Hall–Kier alpha value is -1.76. The molecule has 2 heterocycles. The van der Waals surface area contributed by atoms with Crippen molar-refractivity contribution in [3.8, 4) is 0 Å². The zero-order valence-electron chi connectivity index (χ0n) is 16.3. The summed E-state index contributed by atoms with van der Waals surface area (Å²) >= 11 is 3.26. The van der Waals surface area contributed by atoms with Crippen molar-refractivity contribution >= 4 is 43.9 Å². The van der Waals surface area contributed by atoms with Crippen molar-refractivity contribution in [2.45, 2.75) is 33.6 Å². The number of aromatic nitrogens is 1. The highest BCUT2D eigenvalue weighted by molar-refractivity contribution is 7.22. The van der Waals surface area contributed by atoms with Crippen LogP contribution in [-0.4, -0.2) is 42.0 Å². The number of fused-ring (bicyclic) bond motifs is 1. The minimum atomic E-state index is 0.127. The van der Waals surface area contributed by atoms with Crippen molar-refractivity contribution in [3.63, 3.8) is 0 Å². The fraction of sp³-hybridized carbons (Fsp3) is 0.429. The van der Waals surface area contributed by atoms with E-state index in [-0.39, 0.29) is 5.91 Å². The molecule has 1 amide bonds. The first-order valence-corrected chi connectivity index (χ1v) is 11.3. The molecular weight excluding hydrogens is 374 g/mol. The van der Waals surface area contributed by atoms with Crippen LogP contribution in [0.3, 0.4) is 0 Å². The number of hydrogen-bond acceptors (Lipinski definition) is 5. The van der Waals surface area contributed by atoms with Gasteiger partial charge >= 0.3 is 0 Å². The molecule has 0 spiro atoms. The molecule has 0 aliphatic rings. The number of amides is 1. The summed E-state index contributed by atoms with van der Waals surface area (Å²) in [6.45, 7) is 9.98. The van der Waals surface area contributed by atoms with Gasteiger partial charge in [-0.15, -0.1) is 11.3 Å². The zero-order valence-corrected chi connectivity index (χ0v) is 17.9. The van der Waals surface area contributed by atoms with Crippen LogP contribution in [0.15, 0.2) is 35.7 Å². The summed E-state index contributed by atoms with van der Waals surface area (Å²) in [4.78, 5) is 23.3. The SMILES string of the molecule is CCc1cccc2sc(N(CCN(CC)CC)C(=O)Cc3cccs3)nc12. The molecule has 6 heteroatoms. The maximum absolute atomic E-state index is 13.1. The lowest BCUT2D eigenvalue weighted by Gasteiger charge is -2.24. The van der Waals surface area contributed by atoms with Crippen LogP contribution in [0.5, 0.6) is 0 Å². The van der Waals surface area contributed by atoms with Gasteiger partial charge in [-0.2, -0.15) is 0 Å². The van der Waals surface area contributed by atoms with Gasteiger partial charge in [0, 0.05) is 18.0 Å². The number of thiazole rings is 1. The second-order valence-corrected chi connectivity index (χ2v) is 8.48. The van der Waals surface area contributed by atoms with Crippen LogP contribution in [0.2, 0.25) is 0 Å². The Kier molecular flexibility index (Phi) is 6.99. The molecule has 0 saturated heterocycles. The Morgan fingerprint density at radius 2 is 1.89 bits per heavy atom. The van der Waals surface area contributed by atoms with E-state index in [1.54, 1.807) is 22.7 Å². The van der Waals surface area contributed by atoms with Gasteiger partial charge in [0.2, 0.25) is 5.91 Å². The zero-order chi connectivity index (χ0) is 19.2. The monoisotopic (exact) mass is 401 g/mol. The molecule has 0 N–H and O–H groups in total. The van der Waals surface area contributed by atoms with Crippen LogP contribution in [0.4, 0.5) is 5.13 Å². The van der Waals surface area contributed by atoms with E-state index in [0.717, 1.165) is 46.3 Å². The molecule has 0 fully saturated rings. The fourth-order valence-electron chi connectivity index (χ4n) is 3.16. The number of anilines is 1. The van der Waals surface area contributed by atoms with E-state index in [1.165, 1.54) is 5.56 Å². The Labute approximate surface area is 169 Å². The van der Waals surface area contributed by atoms with Crippen LogP contribution in [0.1, 0.15) is 31.2 Å². The number of nitrogens with zero attached hydrogens (tertiary/aromatic N) is 3. The molecule has 0 aliphatic carbocycles. The molecule has 2 aromatic heterocycles. The Bertz CT molecular complexity index is 869. The standard InChI is InChI=1S/C21H27N3OS2/c1-4-16-9-7-11-18-20(16)22-21(27-18)24(13-12-23(5-2)6-3)19(25)15-17-10-8-14-26-17/h7-11,14H,4-6,12-13,15H2,1-3H3. The topological polar surface area (TPSA) is 36.4 Å². The van der Waals surface area contributed by atoms with Gasteiger partial charge in [0.1, 0.15) is 0 Å². The second-order valence-electron chi connectivity index (χ2n) is 6.44. The first-order chi connectivity index (χ1) is 13.2. The van der Waals surface area contributed by atoms with Crippen LogP contribution in [0, 0.1) is 0 Å². The van der Waals surface area contributed by atoms with Crippen molar-refractivity contribution in [2.24, 2.45) is 0 Å². The van der Waals surface area contributed by atoms with Gasteiger partial charge in [-0.05, 0) is 42.6 Å². The molecule has 27 heavy (non-hydrogen) atoms. The number of hydrogen-bond donors (Lipinski definition) is 0. The summed E-state index contributed by atoms with van der Waals surface area (Å²) in [6.07, 6.45) is 1.38. The molecule has 144 valence electrons. The fourth-order valence-corrected chi connectivity index (χ4v) is 4.91. The van der Waals surface area contributed by atoms with Gasteiger partial charge in [-0.25, -0.2) is 4.98 Å². The van der Waals surface area contributed by atoms with Crippen molar-refractivity contribution in [3.05, 3.63) is 46.2 Å². The summed E-state index contributed by atoms with van der Waals surface area (Å²) in [5, 5.41) is 2.84. The number of thiophene rings is 1. The number of carbonyl (C=O) groups excluding carboxylic acids is 1. The van der Waals surface area contributed by atoms with Gasteiger partial charge in [0.25, 0.3) is 0 Å². The minimum absolute atomic E-state index is 0.127. The largest absolute Gasteiger partial charge is 0.302 e. The number of rotatable bonds is 9. The molecule has 4 nitrogen and oxygen atoms in total. The second kappa shape index (κ2) is 9.44. The summed E-state index contributed by atoms with van der Waals surface area (Å²) in [5.74, 6) is 0.127. The predicted molar refractivity (Wildman–Crippen MR) is 117 cm³/mol. The minimum Gasteiger partial charge on any atom is -0.302 e. The van der Waals surface area contributed by atoms with Crippen LogP contribution in [0.25, 0.3) is 10.2 Å². The lowest BCUT2D eigenvalue weighted by Crippen LogP contribution is -2.39. The lowest BCUT2D eigenvalue weighted by molar-refractivity contribution is -0.118. The smallest absolute Gasteiger partial charge is 0.234 e. The molecule has 1 aromatic carbocycles. The van der Waals surface area contributed by atoms with E-state index in [0.29, 0.717) is 13.0 Å². The molecule has 0 saturated carbocycles. The average Bonchev–Trinajstić information content (AvgIpc) is 3.34. The van der Waals surface area contributed by atoms with Crippen LogP contribution < -0.4 is 4.90 Å². The summed E-state index contributed by atoms with van der Waals surface area (Å²) < 4.78 is 1.15. The van der Waals surface area contributed by atoms with E-state index < -0.39 is 0 Å². The maximum Gasteiger partial charge on any atom is 0.234 e. The quantitative estimate of drug-likeness (QED) is 0.515. The van der Waals surface area contributed by atoms with Gasteiger partial charge in [-0.3, -0.25) is 9.69 Å². The lowest BCUT2D eigenvalue weighted by atomic mass is 10.1. The predicted octanol–water partition coefficient (Wildman–Crippen LogP) is 4.84. The summed E-state index contributed by atoms with van der Waals surface area (Å²) in [5.41, 5.74) is 2.28. The van der Waals surface area contributed by atoms with Crippen molar-refractivity contribution in [1.82, 2.24) is 9.88 Å². The number of aryl methyl sites for hydroxylation is 1. The van der Waals surface area contributed by atoms with E-state index >= 15 is 0 Å². The number of para-hydroxylation sites is 1. The van der Waals surface area contributed by atoms with Crippen molar-refractivity contribution in [2.75, 3.05) is 31.1 Å². The first kappa shape index (κ1) is 20.0. The van der Waals surface area contributed by atoms with Crippen LogP contribution >= 0.6 is 22.7 Å². The van der Waals surface area contributed by atoms with Gasteiger partial charge in [0.15, 0.2) is 5.13 Å². The summed E-state index contributed by atoms with van der Waals surface area (Å²) in [7, 11) is 0. The van der Waals surface area contributed by atoms with Crippen LogP contribution in [-0.2, 0) is 17.6 Å². The number of likely N-dealkylation sites (N-methyl/N-ethyl adjacent to an activating group) is 1. The third-order valence-electron chi connectivity index (χ3n) is 4.84. The van der Waals surface area contributed by atoms with Gasteiger partial charge in [-0.1, -0.05) is 50.3 Å².